The Morgan fingerprint density at radius 2 is 2.06 bits per heavy atom. The van der Waals surface area contributed by atoms with Crippen molar-refractivity contribution in [3.63, 3.8) is 0 Å². The van der Waals surface area contributed by atoms with E-state index in [0.29, 0.717) is 24.8 Å². The Morgan fingerprint density at radius 1 is 1.19 bits per heavy atom. The smallest absolute Gasteiger partial charge is 0.261 e. The van der Waals surface area contributed by atoms with E-state index >= 15 is 0 Å². The standard InChI is InChI=1S/C24H25N5O2/c1-16-7-4-8-17-22(16)25-15-28(24(17)31)13-6-12-21(30)29-14-5-11-20(29)23-26-18-9-2-3-10-19(18)27-23/h2-4,7-10,15,20H,5-6,11-14H2,1H3,(H,26,27). The van der Waals surface area contributed by atoms with Crippen molar-refractivity contribution in [2.75, 3.05) is 6.54 Å². The van der Waals surface area contributed by atoms with Crippen LogP contribution in [-0.2, 0) is 11.3 Å². The molecule has 0 radical (unpaired) electrons. The number of hydrogen-bond acceptors (Lipinski definition) is 4. The first kappa shape index (κ1) is 19.5. The molecule has 2 aromatic heterocycles. The maximum absolute atomic E-state index is 13.0. The van der Waals surface area contributed by atoms with E-state index in [4.69, 9.17) is 4.98 Å². The fourth-order valence-electron chi connectivity index (χ4n) is 4.52. The van der Waals surface area contributed by atoms with E-state index in [1.165, 1.54) is 0 Å². The summed E-state index contributed by atoms with van der Waals surface area (Å²) in [5.74, 6) is 0.970. The number of benzene rings is 2. The van der Waals surface area contributed by atoms with Crippen molar-refractivity contribution in [2.24, 2.45) is 0 Å². The number of fused-ring (bicyclic) bond motifs is 2. The minimum atomic E-state index is -0.0533. The molecule has 0 saturated carbocycles. The average Bonchev–Trinajstić information content (AvgIpc) is 3.42. The molecular formula is C24H25N5O2. The number of amides is 1. The number of aromatic nitrogens is 4. The van der Waals surface area contributed by atoms with Crippen molar-refractivity contribution in [2.45, 2.75) is 45.2 Å². The molecule has 7 heteroatoms. The van der Waals surface area contributed by atoms with E-state index in [-0.39, 0.29) is 17.5 Å². The number of imidazole rings is 1. The van der Waals surface area contributed by atoms with Gasteiger partial charge in [-0.1, -0.05) is 24.3 Å². The molecule has 1 aliphatic heterocycles. The normalized spacial score (nSPS) is 16.4. The van der Waals surface area contributed by atoms with Crippen LogP contribution in [0.2, 0.25) is 0 Å². The highest BCUT2D eigenvalue weighted by Crippen LogP contribution is 2.32. The summed E-state index contributed by atoms with van der Waals surface area (Å²) in [4.78, 5) is 40.2. The number of H-pyrrole nitrogens is 1. The van der Waals surface area contributed by atoms with E-state index in [9.17, 15) is 9.59 Å². The SMILES string of the molecule is Cc1cccc2c(=O)n(CCCC(=O)N3CCCC3c3nc4ccccc4[nH]3)cnc12. The quantitative estimate of drug-likeness (QED) is 0.538. The maximum Gasteiger partial charge on any atom is 0.261 e. The van der Waals surface area contributed by atoms with Crippen LogP contribution >= 0.6 is 0 Å². The molecule has 3 heterocycles. The monoisotopic (exact) mass is 415 g/mol. The van der Waals surface area contributed by atoms with Gasteiger partial charge in [0, 0.05) is 19.5 Å². The van der Waals surface area contributed by atoms with Crippen LogP contribution in [-0.4, -0.2) is 36.9 Å². The zero-order chi connectivity index (χ0) is 21.4. The highest BCUT2D eigenvalue weighted by atomic mass is 16.2. The van der Waals surface area contributed by atoms with Crippen LogP contribution in [0.1, 0.15) is 43.1 Å². The molecule has 1 unspecified atom stereocenters. The molecule has 1 amide bonds. The molecule has 0 aliphatic carbocycles. The topological polar surface area (TPSA) is 83.9 Å². The number of carbonyl (C=O) groups is 1. The van der Waals surface area contributed by atoms with Crippen molar-refractivity contribution in [1.29, 1.82) is 0 Å². The number of aryl methyl sites for hydroxylation is 2. The molecule has 1 atom stereocenters. The molecule has 5 rings (SSSR count). The lowest BCUT2D eigenvalue weighted by Gasteiger charge is -2.23. The summed E-state index contributed by atoms with van der Waals surface area (Å²) in [6.07, 6.45) is 4.48. The van der Waals surface area contributed by atoms with Crippen LogP contribution in [0, 0.1) is 6.92 Å². The molecule has 158 valence electrons. The van der Waals surface area contributed by atoms with Gasteiger partial charge in [-0.15, -0.1) is 0 Å². The second-order valence-corrected chi connectivity index (χ2v) is 8.20. The van der Waals surface area contributed by atoms with Gasteiger partial charge >= 0.3 is 0 Å². The van der Waals surface area contributed by atoms with E-state index in [2.05, 4.69) is 9.97 Å². The van der Waals surface area contributed by atoms with Gasteiger partial charge < -0.3 is 9.88 Å². The predicted octanol–water partition coefficient (Wildman–Crippen LogP) is 3.73. The maximum atomic E-state index is 13.0. The third-order valence-corrected chi connectivity index (χ3v) is 6.14. The Kier molecular flexibility index (Phi) is 5.02. The summed E-state index contributed by atoms with van der Waals surface area (Å²) in [5.41, 5.74) is 3.60. The fraction of sp³-hybridized carbons (Fsp3) is 0.333. The molecule has 0 spiro atoms. The summed E-state index contributed by atoms with van der Waals surface area (Å²) in [7, 11) is 0. The first-order chi connectivity index (χ1) is 15.1. The van der Waals surface area contributed by atoms with E-state index in [1.54, 1.807) is 10.9 Å². The largest absolute Gasteiger partial charge is 0.340 e. The van der Waals surface area contributed by atoms with Gasteiger partial charge in [-0.3, -0.25) is 14.2 Å². The highest BCUT2D eigenvalue weighted by Gasteiger charge is 2.31. The Balaban J connectivity index is 1.26. The van der Waals surface area contributed by atoms with Crippen molar-refractivity contribution in [3.8, 4) is 0 Å². The summed E-state index contributed by atoms with van der Waals surface area (Å²) in [6, 6.07) is 13.6. The number of para-hydroxylation sites is 3. The van der Waals surface area contributed by atoms with Gasteiger partial charge in [0.25, 0.3) is 5.56 Å². The Morgan fingerprint density at radius 3 is 2.94 bits per heavy atom. The number of carbonyl (C=O) groups excluding carboxylic acids is 1. The van der Waals surface area contributed by atoms with Gasteiger partial charge in [0.15, 0.2) is 0 Å². The Hall–Kier alpha value is -3.48. The van der Waals surface area contributed by atoms with E-state index in [0.717, 1.165) is 47.3 Å². The van der Waals surface area contributed by atoms with Crippen LogP contribution in [0.5, 0.6) is 0 Å². The third kappa shape index (κ3) is 3.60. The number of nitrogens with zero attached hydrogens (tertiary/aromatic N) is 4. The van der Waals surface area contributed by atoms with Crippen molar-refractivity contribution >= 4 is 27.8 Å². The summed E-state index contributed by atoms with van der Waals surface area (Å²) in [6.45, 7) is 3.17. The third-order valence-electron chi connectivity index (χ3n) is 6.14. The fourth-order valence-corrected chi connectivity index (χ4v) is 4.52. The van der Waals surface area contributed by atoms with Gasteiger partial charge in [0.2, 0.25) is 5.91 Å². The van der Waals surface area contributed by atoms with Crippen LogP contribution in [0.4, 0.5) is 0 Å². The molecule has 7 nitrogen and oxygen atoms in total. The molecule has 1 fully saturated rings. The van der Waals surface area contributed by atoms with Crippen LogP contribution in [0.3, 0.4) is 0 Å². The number of likely N-dealkylation sites (tertiary alicyclic amines) is 1. The van der Waals surface area contributed by atoms with E-state index in [1.807, 2.05) is 54.3 Å². The predicted molar refractivity (Wildman–Crippen MR) is 120 cm³/mol. The number of rotatable bonds is 5. The molecule has 0 bridgehead atoms. The lowest BCUT2D eigenvalue weighted by Crippen LogP contribution is -2.31. The van der Waals surface area contributed by atoms with Gasteiger partial charge in [0.05, 0.1) is 34.3 Å². The summed E-state index contributed by atoms with van der Waals surface area (Å²) < 4.78 is 1.61. The zero-order valence-electron chi connectivity index (χ0n) is 17.5. The molecule has 1 saturated heterocycles. The lowest BCUT2D eigenvalue weighted by atomic mass is 10.1. The van der Waals surface area contributed by atoms with Gasteiger partial charge in [-0.2, -0.15) is 0 Å². The first-order valence-electron chi connectivity index (χ1n) is 10.8. The molecule has 1 N–H and O–H groups in total. The average molecular weight is 415 g/mol. The summed E-state index contributed by atoms with van der Waals surface area (Å²) in [5, 5.41) is 0.623. The van der Waals surface area contributed by atoms with Crippen LogP contribution < -0.4 is 5.56 Å². The number of hydrogen-bond donors (Lipinski definition) is 1. The second kappa shape index (κ2) is 7.98. The van der Waals surface area contributed by atoms with Gasteiger partial charge in [-0.05, 0) is 49.9 Å². The lowest BCUT2D eigenvalue weighted by molar-refractivity contribution is -0.132. The van der Waals surface area contributed by atoms with Gasteiger partial charge in [-0.25, -0.2) is 9.97 Å². The van der Waals surface area contributed by atoms with Gasteiger partial charge in [0.1, 0.15) is 5.82 Å². The molecule has 1 aliphatic rings. The summed E-state index contributed by atoms with van der Waals surface area (Å²) >= 11 is 0. The molecule has 2 aromatic carbocycles. The Bertz CT molecular complexity index is 1290. The Labute approximate surface area is 179 Å². The number of aromatic amines is 1. The minimum absolute atomic E-state index is 0.00654. The van der Waals surface area contributed by atoms with Crippen molar-refractivity contribution in [1.82, 2.24) is 24.4 Å². The zero-order valence-corrected chi connectivity index (χ0v) is 17.5. The van der Waals surface area contributed by atoms with Crippen LogP contribution in [0.25, 0.3) is 21.9 Å². The second-order valence-electron chi connectivity index (χ2n) is 8.20. The van der Waals surface area contributed by atoms with Crippen molar-refractivity contribution in [3.05, 3.63) is 70.5 Å². The highest BCUT2D eigenvalue weighted by molar-refractivity contribution is 5.80. The number of nitrogens with one attached hydrogen (secondary N) is 1. The van der Waals surface area contributed by atoms with E-state index < -0.39 is 0 Å². The molecule has 4 aromatic rings. The van der Waals surface area contributed by atoms with Crippen LogP contribution in [0.15, 0.2) is 53.6 Å². The molecule has 31 heavy (non-hydrogen) atoms. The molecular weight excluding hydrogens is 390 g/mol. The minimum Gasteiger partial charge on any atom is -0.340 e. The first-order valence-corrected chi connectivity index (χ1v) is 10.8. The van der Waals surface area contributed by atoms with Crippen molar-refractivity contribution < 1.29 is 4.79 Å².